The Morgan fingerprint density at radius 1 is 1.22 bits per heavy atom. The van der Waals surface area contributed by atoms with E-state index >= 15 is 0 Å². The number of hydrogen-bond donors (Lipinski definition) is 1. The fraction of sp³-hybridized carbons (Fsp3) is 1.00. The largest absolute Gasteiger partial charge is 0.517 e. The Morgan fingerprint density at radius 2 is 1.72 bits per heavy atom. The van der Waals surface area contributed by atoms with Gasteiger partial charge in [-0.15, -0.1) is 23.2 Å². The quantitative estimate of drug-likeness (QED) is 0.278. The Hall–Kier alpha value is 2.38. The van der Waals surface area contributed by atoms with Crippen molar-refractivity contribution in [1.82, 2.24) is 9.76 Å². The molecule has 1 heterocycles. The molecule has 1 aliphatic heterocycles. The van der Waals surface area contributed by atoms with Gasteiger partial charge in [-0.1, -0.05) is 0 Å². The monoisotopic (exact) mass is 488 g/mol. The Balaban J connectivity index is 0.000000631. The minimum Gasteiger partial charge on any atom is -0.268 e. The van der Waals surface area contributed by atoms with E-state index in [-0.39, 0.29) is 0 Å². The van der Waals surface area contributed by atoms with Crippen LogP contribution in [0.25, 0.3) is 0 Å². The predicted octanol–water partition coefficient (Wildman–Crippen LogP) is 3.25. The van der Waals surface area contributed by atoms with Crippen LogP contribution in [0.5, 0.6) is 0 Å². The molecule has 1 atom stereocenters. The summed E-state index contributed by atoms with van der Waals surface area (Å²) >= 11 is 9.18. The molecule has 1 unspecified atom stereocenters. The van der Waals surface area contributed by atoms with Crippen LogP contribution in [0, 0.1) is 0 Å². The van der Waals surface area contributed by atoms with E-state index in [1.54, 1.807) is 0 Å². The van der Waals surface area contributed by atoms with Crippen molar-refractivity contribution in [3.8, 4) is 0 Å². The predicted molar refractivity (Wildman–Crippen MR) is 85.1 cm³/mol. The van der Waals surface area contributed by atoms with Crippen molar-refractivity contribution in [1.29, 1.82) is 0 Å². The normalized spacial score (nSPS) is 23.9. The van der Waals surface area contributed by atoms with Crippen LogP contribution in [0.15, 0.2) is 0 Å². The molecule has 1 saturated heterocycles. The number of rotatable bonds is 5. The van der Waals surface area contributed by atoms with Gasteiger partial charge >= 0.3 is 50.9 Å². The van der Waals surface area contributed by atoms with Crippen molar-refractivity contribution in [2.45, 2.75) is 6.42 Å². The second kappa shape index (κ2) is 12.0. The first-order chi connectivity index (χ1) is 8.46. The van der Waals surface area contributed by atoms with Gasteiger partial charge in [0.15, 0.2) is 0 Å². The summed E-state index contributed by atoms with van der Waals surface area (Å²) < 4.78 is 17.4. The van der Waals surface area contributed by atoms with Gasteiger partial charge in [0.1, 0.15) is 0 Å². The number of hydrogen-bond acceptors (Lipinski definition) is 1. The van der Waals surface area contributed by atoms with Gasteiger partial charge < -0.3 is 0 Å². The van der Waals surface area contributed by atoms with Crippen LogP contribution < -0.4 is 5.09 Å². The molecule has 1 aliphatic rings. The second-order valence-electron chi connectivity index (χ2n) is 3.18. The van der Waals surface area contributed by atoms with E-state index in [4.69, 9.17) is 54.2 Å². The second-order valence-corrected chi connectivity index (χ2v) is 18.9. The smallest absolute Gasteiger partial charge is 0.268 e. The SMILES string of the molecule is [Cl][SbH]([Cl])[Cl].[OH+]=P1(N(CCCl)CCCl)NCCCO1. The Kier molecular flexibility index (Phi) is 13.6. The van der Waals surface area contributed by atoms with E-state index < -0.39 is 24.5 Å². The van der Waals surface area contributed by atoms with Crippen molar-refractivity contribution in [2.75, 3.05) is 38.0 Å². The molecule has 11 heteroatoms. The molecule has 0 spiro atoms. The first kappa shape index (κ1) is 20.4. The molecule has 0 bridgehead atoms. The third-order valence-corrected chi connectivity index (χ3v) is 4.66. The Labute approximate surface area is 136 Å². The van der Waals surface area contributed by atoms with Crippen molar-refractivity contribution >= 4 is 74.1 Å². The molecular formula is C7H17Cl5N2O2PSb+. The van der Waals surface area contributed by atoms with Crippen molar-refractivity contribution in [3.63, 3.8) is 0 Å². The van der Waals surface area contributed by atoms with Gasteiger partial charge in [-0.25, -0.2) is 0 Å². The number of alkyl halides is 2. The molecule has 1 fully saturated rings. The molecule has 0 amide bonds. The summed E-state index contributed by atoms with van der Waals surface area (Å²) in [5, 5.41) is 3.02. The molecule has 2 N–H and O–H groups in total. The van der Waals surface area contributed by atoms with E-state index in [1.807, 2.05) is 4.67 Å². The molecule has 0 aromatic heterocycles. The van der Waals surface area contributed by atoms with Gasteiger partial charge in [-0.3, -0.25) is 9.09 Å². The first-order valence-corrected chi connectivity index (χ1v) is 18.7. The van der Waals surface area contributed by atoms with Gasteiger partial charge in [-0.05, 0) is 6.42 Å². The summed E-state index contributed by atoms with van der Waals surface area (Å²) in [6.07, 6.45) is 0.928. The van der Waals surface area contributed by atoms with E-state index in [1.165, 1.54) is 0 Å². The summed E-state index contributed by atoms with van der Waals surface area (Å²) in [5.74, 6) is 0.925. The van der Waals surface area contributed by atoms with E-state index in [9.17, 15) is 4.57 Å². The van der Waals surface area contributed by atoms with Gasteiger partial charge in [-0.2, -0.15) is 9.76 Å². The minimum absolute atomic E-state index is 0.463. The van der Waals surface area contributed by atoms with E-state index in [2.05, 4.69) is 5.09 Å². The maximum Gasteiger partial charge on any atom is 0.517 e. The Morgan fingerprint density at radius 3 is 2.06 bits per heavy atom. The van der Waals surface area contributed by atoms with Crippen LogP contribution >= 0.6 is 57.4 Å². The zero-order valence-electron chi connectivity index (χ0n) is 9.59. The average molecular weight is 491 g/mol. The molecule has 1 rings (SSSR count). The molecule has 0 aromatic carbocycles. The van der Waals surface area contributed by atoms with Crippen LogP contribution in [0.1, 0.15) is 6.42 Å². The zero-order chi connectivity index (χ0) is 14.0. The van der Waals surface area contributed by atoms with Gasteiger partial charge in [0, 0.05) is 31.4 Å². The van der Waals surface area contributed by atoms with E-state index in [0.29, 0.717) is 31.5 Å². The standard InChI is InChI=1S/C7H15Cl2N2O2P.3ClH.Sb.H/c8-2-5-11(6-3-9)14(12)10-4-1-7-13-14;;;;;/h1-7H2,(H,10,12);3*1H;;/q;;;;+3;/p-2. The zero-order valence-corrected chi connectivity index (χ0v) is 17.1. The fourth-order valence-electron chi connectivity index (χ4n) is 1.29. The molecule has 1 radical (unpaired) electrons. The third kappa shape index (κ3) is 9.34. The van der Waals surface area contributed by atoms with Crippen LogP contribution in [0.2, 0.25) is 0 Å². The van der Waals surface area contributed by atoms with Crippen LogP contribution in [-0.4, -0.2) is 64.0 Å². The number of halogens is 5. The topological polar surface area (TPSA) is 45.9 Å². The maximum atomic E-state index is 10.2. The van der Waals surface area contributed by atoms with E-state index in [0.717, 1.165) is 13.0 Å². The molecule has 0 aromatic rings. The number of nitrogens with one attached hydrogen (secondary N) is 1. The van der Waals surface area contributed by atoms with Crippen LogP contribution in [0.3, 0.4) is 0 Å². The summed E-state index contributed by atoms with van der Waals surface area (Å²) in [6, 6.07) is 0. The number of nitrogens with zero attached hydrogens (tertiary/aromatic N) is 1. The summed E-state index contributed by atoms with van der Waals surface area (Å²) in [6.45, 7) is 2.56. The average Bonchev–Trinajstić information content (AvgIpc) is 2.29. The third-order valence-electron chi connectivity index (χ3n) is 1.98. The molecule has 4 nitrogen and oxygen atoms in total. The molecular weight excluding hydrogens is 474 g/mol. The molecule has 0 saturated carbocycles. The summed E-state index contributed by atoms with van der Waals surface area (Å²) in [4.78, 5) is 0. The minimum atomic E-state index is -2.59. The van der Waals surface area contributed by atoms with Crippen LogP contribution in [-0.2, 0) is 4.52 Å². The molecule has 0 aliphatic carbocycles. The van der Waals surface area contributed by atoms with Crippen LogP contribution in [0.4, 0.5) is 0 Å². The first-order valence-electron chi connectivity index (χ1n) is 5.18. The summed E-state index contributed by atoms with van der Waals surface area (Å²) in [5.41, 5.74) is 0. The van der Waals surface area contributed by atoms with Crippen molar-refractivity contribution < 1.29 is 9.09 Å². The molecule has 18 heavy (non-hydrogen) atoms. The van der Waals surface area contributed by atoms with Crippen molar-refractivity contribution in [2.24, 2.45) is 0 Å². The fourth-order valence-corrected chi connectivity index (χ4v) is 3.97. The summed E-state index contributed by atoms with van der Waals surface area (Å²) in [7, 11) is 12.4. The van der Waals surface area contributed by atoms with Gasteiger partial charge in [0.2, 0.25) is 0 Å². The molecule has 111 valence electrons. The van der Waals surface area contributed by atoms with Crippen molar-refractivity contribution in [3.05, 3.63) is 0 Å². The van der Waals surface area contributed by atoms with Gasteiger partial charge in [0.05, 0.1) is 6.61 Å². The van der Waals surface area contributed by atoms with Gasteiger partial charge in [0.25, 0.3) is 0 Å². The Bertz CT molecular complexity index is 245. The maximum absolute atomic E-state index is 10.2.